The number of piperazine rings is 1. The maximum absolute atomic E-state index is 13.1. The van der Waals surface area contributed by atoms with Gasteiger partial charge in [0.05, 0.1) is 17.6 Å². The molecule has 2 aromatic carbocycles. The van der Waals surface area contributed by atoms with Crippen LogP contribution in [0.15, 0.2) is 46.2 Å². The molecule has 31 heavy (non-hydrogen) atoms. The minimum absolute atomic E-state index is 0.158. The van der Waals surface area contributed by atoms with Gasteiger partial charge < -0.3 is 19.1 Å². The zero-order valence-corrected chi connectivity index (χ0v) is 19.0. The van der Waals surface area contributed by atoms with Gasteiger partial charge in [-0.3, -0.25) is 4.79 Å². The Labute approximate surface area is 186 Å². The molecule has 2 aromatic rings. The summed E-state index contributed by atoms with van der Waals surface area (Å²) in [6.07, 6.45) is 1.96. The smallest absolute Gasteiger partial charge is 0.257 e. The maximum atomic E-state index is 13.1. The molecule has 2 aliphatic heterocycles. The Morgan fingerprint density at radius 1 is 1.00 bits per heavy atom. The molecule has 0 saturated carbocycles. The van der Waals surface area contributed by atoms with Crippen molar-refractivity contribution < 1.29 is 27.4 Å². The molecule has 0 N–H and O–H groups in total. The first-order valence-electron chi connectivity index (χ1n) is 9.85. The quantitative estimate of drug-likeness (QED) is 0.628. The molecule has 1 fully saturated rings. The van der Waals surface area contributed by atoms with Crippen molar-refractivity contribution in [3.63, 3.8) is 0 Å². The number of benzene rings is 2. The molecule has 8 nitrogen and oxygen atoms in total. The predicted molar refractivity (Wildman–Crippen MR) is 117 cm³/mol. The fourth-order valence-electron chi connectivity index (χ4n) is 3.61. The molecule has 0 radical (unpaired) electrons. The van der Waals surface area contributed by atoms with E-state index in [1.54, 1.807) is 28.8 Å². The molecule has 166 valence electrons. The average Bonchev–Trinajstić information content (AvgIpc) is 2.82. The van der Waals surface area contributed by atoms with Gasteiger partial charge in [-0.1, -0.05) is 0 Å². The summed E-state index contributed by atoms with van der Waals surface area (Å²) in [4.78, 5) is 15.8. The lowest BCUT2D eigenvalue weighted by Crippen LogP contribution is -2.50. The van der Waals surface area contributed by atoms with E-state index in [1.165, 1.54) is 23.5 Å². The van der Waals surface area contributed by atoms with E-state index in [4.69, 9.17) is 14.2 Å². The maximum Gasteiger partial charge on any atom is 0.257 e. The highest BCUT2D eigenvalue weighted by Gasteiger charge is 2.32. The number of ether oxygens (including phenoxy) is 3. The van der Waals surface area contributed by atoms with E-state index >= 15 is 0 Å². The van der Waals surface area contributed by atoms with Crippen LogP contribution in [0.4, 0.5) is 0 Å². The van der Waals surface area contributed by atoms with Crippen LogP contribution in [-0.2, 0) is 10.0 Å². The number of fused-ring (bicyclic) bond motifs is 1. The Kier molecular flexibility index (Phi) is 6.31. The Hall–Kier alpha value is -2.43. The number of sulfonamides is 1. The Morgan fingerprint density at radius 2 is 1.71 bits per heavy atom. The number of hydrogen-bond acceptors (Lipinski definition) is 7. The van der Waals surface area contributed by atoms with Crippen LogP contribution >= 0.6 is 11.8 Å². The number of nitrogens with zero attached hydrogens (tertiary/aromatic N) is 2. The zero-order valence-electron chi connectivity index (χ0n) is 17.4. The van der Waals surface area contributed by atoms with Crippen molar-refractivity contribution in [1.82, 2.24) is 9.21 Å². The van der Waals surface area contributed by atoms with Gasteiger partial charge in [0, 0.05) is 37.1 Å². The molecule has 1 amide bonds. The summed E-state index contributed by atoms with van der Waals surface area (Å²) in [5, 5.41) is 0. The number of methoxy groups -OCH3 is 1. The Balaban J connectivity index is 1.46. The molecule has 2 aliphatic rings. The van der Waals surface area contributed by atoms with Crippen molar-refractivity contribution in [1.29, 1.82) is 0 Å². The summed E-state index contributed by atoms with van der Waals surface area (Å²) >= 11 is 1.57. The number of carbonyl (C=O) groups excluding carboxylic acids is 1. The Bertz CT molecular complexity index is 1080. The normalized spacial score (nSPS) is 16.8. The lowest BCUT2D eigenvalue weighted by Gasteiger charge is -2.34. The largest absolute Gasteiger partial charge is 0.496 e. The molecule has 2 heterocycles. The minimum atomic E-state index is -3.70. The van der Waals surface area contributed by atoms with Gasteiger partial charge in [0.1, 0.15) is 19.0 Å². The van der Waals surface area contributed by atoms with Crippen LogP contribution in [0.5, 0.6) is 17.2 Å². The molecular weight excluding hydrogens is 440 g/mol. The van der Waals surface area contributed by atoms with Crippen LogP contribution in [0.25, 0.3) is 0 Å². The molecule has 0 unspecified atom stereocenters. The number of carbonyl (C=O) groups is 1. The predicted octanol–water partition coefficient (Wildman–Crippen LogP) is 2.33. The van der Waals surface area contributed by atoms with Gasteiger partial charge in [-0.05, 0) is 36.6 Å². The second-order valence-corrected chi connectivity index (χ2v) is 9.89. The van der Waals surface area contributed by atoms with Gasteiger partial charge in [-0.15, -0.1) is 11.8 Å². The summed E-state index contributed by atoms with van der Waals surface area (Å²) in [5.74, 6) is 1.33. The molecule has 0 atom stereocenters. The third kappa shape index (κ3) is 4.32. The minimum Gasteiger partial charge on any atom is -0.496 e. The highest BCUT2D eigenvalue weighted by atomic mass is 32.2. The van der Waals surface area contributed by atoms with E-state index in [0.717, 1.165) is 4.90 Å². The topological polar surface area (TPSA) is 85.4 Å². The number of thioether (sulfide) groups is 1. The van der Waals surface area contributed by atoms with E-state index in [1.807, 2.05) is 18.4 Å². The second-order valence-electron chi connectivity index (χ2n) is 7.07. The molecule has 0 spiro atoms. The van der Waals surface area contributed by atoms with E-state index in [9.17, 15) is 13.2 Å². The monoisotopic (exact) mass is 464 g/mol. The summed E-state index contributed by atoms with van der Waals surface area (Å²) in [7, 11) is -2.16. The number of hydrogen-bond donors (Lipinski definition) is 0. The van der Waals surface area contributed by atoms with Gasteiger partial charge in [0.25, 0.3) is 5.91 Å². The molecular formula is C21H24N2O6S2. The van der Waals surface area contributed by atoms with Crippen LogP contribution in [0.2, 0.25) is 0 Å². The lowest BCUT2D eigenvalue weighted by molar-refractivity contribution is 0.0694. The van der Waals surface area contributed by atoms with E-state index < -0.39 is 10.0 Å². The highest BCUT2D eigenvalue weighted by Crippen LogP contribution is 2.33. The van der Waals surface area contributed by atoms with Crippen molar-refractivity contribution in [3.8, 4) is 17.2 Å². The first kappa shape index (κ1) is 21.8. The molecule has 1 saturated heterocycles. The summed E-state index contributed by atoms with van der Waals surface area (Å²) < 4.78 is 43.9. The SMILES string of the molecule is COc1cc(SC)ccc1C(=O)N1CCN(S(=O)(=O)c2ccc3c(c2)OCCO3)CC1. The van der Waals surface area contributed by atoms with Crippen molar-refractivity contribution in [2.45, 2.75) is 9.79 Å². The van der Waals surface area contributed by atoms with Gasteiger partial charge in [-0.2, -0.15) is 4.31 Å². The number of amides is 1. The standard InChI is InChI=1S/C21H24N2O6S2/c1-27-19-13-15(30-2)3-5-17(19)21(24)22-7-9-23(10-8-22)31(25,26)16-4-6-18-20(14-16)29-12-11-28-18/h3-6,13-14H,7-12H2,1-2H3. The van der Waals surface area contributed by atoms with Crippen LogP contribution < -0.4 is 14.2 Å². The van der Waals surface area contributed by atoms with Crippen molar-refractivity contribution in [2.75, 3.05) is 52.8 Å². The fourth-order valence-corrected chi connectivity index (χ4v) is 5.48. The van der Waals surface area contributed by atoms with Gasteiger partial charge in [0.15, 0.2) is 11.5 Å². The summed E-state index contributed by atoms with van der Waals surface area (Å²) in [6.45, 7) is 1.87. The first-order valence-corrected chi connectivity index (χ1v) is 12.5. The van der Waals surface area contributed by atoms with E-state index in [2.05, 4.69) is 0 Å². The van der Waals surface area contributed by atoms with E-state index in [-0.39, 0.29) is 23.9 Å². The number of rotatable bonds is 5. The van der Waals surface area contributed by atoms with E-state index in [0.29, 0.717) is 49.1 Å². The summed E-state index contributed by atoms with van der Waals surface area (Å²) in [6, 6.07) is 10.1. The molecule has 0 aliphatic carbocycles. The van der Waals surface area contributed by atoms with Crippen LogP contribution in [0.3, 0.4) is 0 Å². The van der Waals surface area contributed by atoms with Crippen molar-refractivity contribution in [3.05, 3.63) is 42.0 Å². The Morgan fingerprint density at radius 3 is 2.39 bits per heavy atom. The third-order valence-electron chi connectivity index (χ3n) is 5.32. The third-order valence-corrected chi connectivity index (χ3v) is 7.94. The van der Waals surface area contributed by atoms with Crippen LogP contribution in [0.1, 0.15) is 10.4 Å². The second kappa shape index (κ2) is 8.97. The fraction of sp³-hybridized carbons (Fsp3) is 0.381. The average molecular weight is 465 g/mol. The molecule has 0 aromatic heterocycles. The highest BCUT2D eigenvalue weighted by molar-refractivity contribution is 7.98. The van der Waals surface area contributed by atoms with Gasteiger partial charge in [-0.25, -0.2) is 8.42 Å². The molecule has 4 rings (SSSR count). The van der Waals surface area contributed by atoms with Crippen molar-refractivity contribution in [2.24, 2.45) is 0 Å². The summed E-state index contributed by atoms with van der Waals surface area (Å²) in [5.41, 5.74) is 0.475. The van der Waals surface area contributed by atoms with Crippen LogP contribution in [0, 0.1) is 0 Å². The molecule has 0 bridgehead atoms. The lowest BCUT2D eigenvalue weighted by atomic mass is 10.1. The van der Waals surface area contributed by atoms with Crippen LogP contribution in [-0.4, -0.2) is 76.3 Å². The first-order chi connectivity index (χ1) is 14.9. The zero-order chi connectivity index (χ0) is 22.0. The van der Waals surface area contributed by atoms with Gasteiger partial charge in [0.2, 0.25) is 10.0 Å². The molecule has 10 heteroatoms. The van der Waals surface area contributed by atoms with Crippen molar-refractivity contribution >= 4 is 27.7 Å². The van der Waals surface area contributed by atoms with Gasteiger partial charge >= 0.3 is 0 Å².